The maximum Gasteiger partial charge on any atom is 0.249 e. The SMILES string of the molecule is CCN(CC)c1ccc(Nc2cnnc(Nc3ccc(F)c(F)c3)n2)c(C)c1. The van der Waals surface area contributed by atoms with Crippen LogP contribution in [0.5, 0.6) is 0 Å². The summed E-state index contributed by atoms with van der Waals surface area (Å²) in [6.07, 6.45) is 1.49. The number of nitrogens with zero attached hydrogens (tertiary/aromatic N) is 4. The zero-order chi connectivity index (χ0) is 20.1. The molecule has 0 saturated heterocycles. The second-order valence-electron chi connectivity index (χ2n) is 6.22. The molecule has 2 N–H and O–H groups in total. The second-order valence-corrected chi connectivity index (χ2v) is 6.22. The summed E-state index contributed by atoms with van der Waals surface area (Å²) >= 11 is 0. The molecular formula is C20H22F2N6. The number of rotatable bonds is 7. The smallest absolute Gasteiger partial charge is 0.249 e. The summed E-state index contributed by atoms with van der Waals surface area (Å²) < 4.78 is 26.4. The highest BCUT2D eigenvalue weighted by atomic mass is 19.2. The highest BCUT2D eigenvalue weighted by Crippen LogP contribution is 2.25. The van der Waals surface area contributed by atoms with Crippen molar-refractivity contribution >= 4 is 28.8 Å². The fraction of sp³-hybridized carbons (Fsp3) is 0.250. The summed E-state index contributed by atoms with van der Waals surface area (Å²) in [6, 6.07) is 9.64. The molecule has 3 rings (SSSR count). The van der Waals surface area contributed by atoms with Crippen molar-refractivity contribution in [3.8, 4) is 0 Å². The van der Waals surface area contributed by atoms with E-state index in [0.717, 1.165) is 42.2 Å². The van der Waals surface area contributed by atoms with Crippen LogP contribution in [0.2, 0.25) is 0 Å². The zero-order valence-corrected chi connectivity index (χ0v) is 16.0. The summed E-state index contributed by atoms with van der Waals surface area (Å²) in [5.41, 5.74) is 3.46. The molecule has 0 aliphatic rings. The van der Waals surface area contributed by atoms with Crippen molar-refractivity contribution in [2.45, 2.75) is 20.8 Å². The van der Waals surface area contributed by atoms with Gasteiger partial charge in [-0.3, -0.25) is 0 Å². The van der Waals surface area contributed by atoms with Gasteiger partial charge in [0.2, 0.25) is 5.95 Å². The van der Waals surface area contributed by atoms with Gasteiger partial charge in [-0.2, -0.15) is 10.1 Å². The predicted molar refractivity (Wildman–Crippen MR) is 107 cm³/mol. The molecule has 1 heterocycles. The van der Waals surface area contributed by atoms with E-state index >= 15 is 0 Å². The number of halogens is 2. The lowest BCUT2D eigenvalue weighted by Crippen LogP contribution is -2.21. The first-order valence-electron chi connectivity index (χ1n) is 9.04. The van der Waals surface area contributed by atoms with E-state index in [1.54, 1.807) is 0 Å². The molecule has 0 fully saturated rings. The van der Waals surface area contributed by atoms with E-state index in [9.17, 15) is 8.78 Å². The Balaban J connectivity index is 1.76. The van der Waals surface area contributed by atoms with Crippen LogP contribution in [0.3, 0.4) is 0 Å². The van der Waals surface area contributed by atoms with E-state index in [1.807, 2.05) is 13.0 Å². The summed E-state index contributed by atoms with van der Waals surface area (Å²) in [7, 11) is 0. The van der Waals surface area contributed by atoms with Crippen molar-refractivity contribution in [3.05, 3.63) is 59.8 Å². The van der Waals surface area contributed by atoms with Crippen LogP contribution in [0, 0.1) is 18.6 Å². The highest BCUT2D eigenvalue weighted by molar-refractivity contribution is 5.65. The molecular weight excluding hydrogens is 362 g/mol. The standard InChI is InChI=1S/C20H22F2N6/c1-4-28(5-2)15-7-9-18(13(3)10-15)25-19-12-23-27-20(26-19)24-14-6-8-16(21)17(22)11-14/h6-12H,4-5H2,1-3H3,(H2,24,25,26,27). The van der Waals surface area contributed by atoms with E-state index in [0.29, 0.717) is 11.5 Å². The van der Waals surface area contributed by atoms with Crippen molar-refractivity contribution in [1.29, 1.82) is 0 Å². The van der Waals surface area contributed by atoms with Gasteiger partial charge in [-0.1, -0.05) is 0 Å². The van der Waals surface area contributed by atoms with E-state index in [-0.39, 0.29) is 5.95 Å². The summed E-state index contributed by atoms with van der Waals surface area (Å²) in [6.45, 7) is 8.15. The minimum Gasteiger partial charge on any atom is -0.372 e. The van der Waals surface area contributed by atoms with Crippen LogP contribution in [0.25, 0.3) is 0 Å². The topological polar surface area (TPSA) is 66.0 Å². The van der Waals surface area contributed by atoms with Gasteiger partial charge < -0.3 is 15.5 Å². The lowest BCUT2D eigenvalue weighted by atomic mass is 10.1. The number of aromatic nitrogens is 3. The van der Waals surface area contributed by atoms with Crippen LogP contribution < -0.4 is 15.5 Å². The molecule has 0 bridgehead atoms. The highest BCUT2D eigenvalue weighted by Gasteiger charge is 2.08. The molecule has 0 amide bonds. The number of aryl methyl sites for hydroxylation is 1. The molecule has 0 aliphatic heterocycles. The minimum atomic E-state index is -0.948. The Morgan fingerprint density at radius 1 is 0.964 bits per heavy atom. The van der Waals surface area contributed by atoms with Gasteiger partial charge in [0, 0.05) is 36.2 Å². The first-order chi connectivity index (χ1) is 13.5. The number of hydrogen-bond acceptors (Lipinski definition) is 6. The molecule has 1 aromatic heterocycles. The van der Waals surface area contributed by atoms with Crippen molar-refractivity contribution in [2.75, 3.05) is 28.6 Å². The summed E-state index contributed by atoms with van der Waals surface area (Å²) in [5, 5.41) is 13.8. The average molecular weight is 384 g/mol. The minimum absolute atomic E-state index is 0.174. The van der Waals surface area contributed by atoms with Crippen LogP contribution in [0.1, 0.15) is 19.4 Å². The molecule has 8 heteroatoms. The fourth-order valence-electron chi connectivity index (χ4n) is 2.83. The van der Waals surface area contributed by atoms with Gasteiger partial charge >= 0.3 is 0 Å². The molecule has 28 heavy (non-hydrogen) atoms. The van der Waals surface area contributed by atoms with E-state index in [2.05, 4.69) is 56.7 Å². The first kappa shape index (κ1) is 19.5. The monoisotopic (exact) mass is 384 g/mol. The largest absolute Gasteiger partial charge is 0.372 e. The van der Waals surface area contributed by atoms with Crippen molar-refractivity contribution in [1.82, 2.24) is 15.2 Å². The molecule has 0 saturated carbocycles. The van der Waals surface area contributed by atoms with Gasteiger partial charge in [-0.25, -0.2) is 8.78 Å². The third-order valence-corrected chi connectivity index (χ3v) is 4.34. The lowest BCUT2D eigenvalue weighted by Gasteiger charge is -2.22. The Hall–Kier alpha value is -3.29. The third-order valence-electron chi connectivity index (χ3n) is 4.34. The normalized spacial score (nSPS) is 10.6. The molecule has 3 aromatic rings. The molecule has 0 spiro atoms. The summed E-state index contributed by atoms with van der Waals surface area (Å²) in [4.78, 5) is 6.59. The Labute approximate surface area is 162 Å². The van der Waals surface area contributed by atoms with Gasteiger partial charge in [-0.15, -0.1) is 5.10 Å². The molecule has 2 aromatic carbocycles. The molecule has 0 aliphatic carbocycles. The zero-order valence-electron chi connectivity index (χ0n) is 16.0. The second kappa shape index (κ2) is 8.60. The van der Waals surface area contributed by atoms with Crippen LogP contribution >= 0.6 is 0 Å². The van der Waals surface area contributed by atoms with Crippen LogP contribution in [0.15, 0.2) is 42.6 Å². The Bertz CT molecular complexity index is 959. The van der Waals surface area contributed by atoms with Gasteiger partial charge in [0.15, 0.2) is 17.5 Å². The van der Waals surface area contributed by atoms with Gasteiger partial charge in [0.05, 0.1) is 6.20 Å². The van der Waals surface area contributed by atoms with Gasteiger partial charge in [0.25, 0.3) is 0 Å². The predicted octanol–water partition coefficient (Wildman–Crippen LogP) is 4.79. The number of anilines is 5. The van der Waals surface area contributed by atoms with Crippen LogP contribution in [-0.2, 0) is 0 Å². The molecule has 0 radical (unpaired) electrons. The Morgan fingerprint density at radius 3 is 2.43 bits per heavy atom. The Kier molecular flexibility index (Phi) is 5.98. The van der Waals surface area contributed by atoms with Crippen LogP contribution in [0.4, 0.5) is 37.6 Å². The average Bonchev–Trinajstić information content (AvgIpc) is 2.68. The van der Waals surface area contributed by atoms with Crippen LogP contribution in [-0.4, -0.2) is 28.3 Å². The maximum atomic E-state index is 13.3. The molecule has 0 unspecified atom stereocenters. The van der Waals surface area contributed by atoms with Crippen molar-refractivity contribution in [2.24, 2.45) is 0 Å². The first-order valence-corrected chi connectivity index (χ1v) is 9.04. The molecule has 0 atom stereocenters. The van der Waals surface area contributed by atoms with E-state index < -0.39 is 11.6 Å². The van der Waals surface area contributed by atoms with Crippen molar-refractivity contribution in [3.63, 3.8) is 0 Å². The lowest BCUT2D eigenvalue weighted by molar-refractivity contribution is 0.509. The van der Waals surface area contributed by atoms with E-state index in [1.165, 1.54) is 12.3 Å². The van der Waals surface area contributed by atoms with Gasteiger partial charge in [-0.05, 0) is 56.7 Å². The quantitative estimate of drug-likeness (QED) is 0.610. The summed E-state index contributed by atoms with van der Waals surface area (Å²) in [5.74, 6) is -1.20. The number of nitrogens with one attached hydrogen (secondary N) is 2. The number of hydrogen-bond donors (Lipinski definition) is 2. The van der Waals surface area contributed by atoms with E-state index in [4.69, 9.17) is 0 Å². The van der Waals surface area contributed by atoms with Gasteiger partial charge in [0.1, 0.15) is 0 Å². The maximum absolute atomic E-state index is 13.3. The van der Waals surface area contributed by atoms with Crippen molar-refractivity contribution < 1.29 is 8.78 Å². The molecule has 146 valence electrons. The molecule has 6 nitrogen and oxygen atoms in total. The third kappa shape index (κ3) is 4.51. The Morgan fingerprint density at radius 2 is 1.75 bits per heavy atom. The fourth-order valence-corrected chi connectivity index (χ4v) is 2.83. The number of benzene rings is 2.